The molecular formula is C34H36F5N3O3. The Balaban J connectivity index is 1.23. The van der Waals surface area contributed by atoms with Crippen LogP contribution in [0.15, 0.2) is 60.7 Å². The third-order valence-corrected chi connectivity index (χ3v) is 9.33. The van der Waals surface area contributed by atoms with E-state index in [4.69, 9.17) is 9.84 Å². The monoisotopic (exact) mass is 629 g/mol. The summed E-state index contributed by atoms with van der Waals surface area (Å²) in [5, 5.41) is 9.13. The van der Waals surface area contributed by atoms with E-state index in [9.17, 15) is 18.0 Å². The first kappa shape index (κ1) is 31.3. The number of fused-ring (bicyclic) bond motifs is 1. The van der Waals surface area contributed by atoms with E-state index >= 15 is 8.78 Å². The number of ether oxygens (including phenoxy) is 1. The molecule has 240 valence electrons. The molecule has 2 fully saturated rings. The van der Waals surface area contributed by atoms with E-state index in [0.29, 0.717) is 55.3 Å². The molecule has 3 aromatic carbocycles. The highest BCUT2D eigenvalue weighted by Crippen LogP contribution is 2.45. The Morgan fingerprint density at radius 1 is 0.956 bits per heavy atom. The molecule has 6 rings (SSSR count). The lowest BCUT2D eigenvalue weighted by Gasteiger charge is -2.51. The van der Waals surface area contributed by atoms with Crippen LogP contribution in [0.1, 0.15) is 47.6 Å². The highest BCUT2D eigenvalue weighted by atomic mass is 19.4. The Bertz CT molecular complexity index is 1500. The molecule has 0 aromatic heterocycles. The molecule has 0 saturated carbocycles. The van der Waals surface area contributed by atoms with Crippen molar-refractivity contribution in [3.63, 3.8) is 0 Å². The molecule has 1 atom stereocenters. The van der Waals surface area contributed by atoms with E-state index in [0.717, 1.165) is 29.7 Å². The standard InChI is InChI=1S/C34H36F5N3O3/c35-28-16-25(42-20-33(21-42)10-4-12-40(14-11-33)18-30(43)44)17-29(36)31(28)32-27-8-7-26(45-19-23-5-2-1-3-6-23)15-24(27)9-13-41(32)22-34(37,38)39/h1-3,5-8,15-17,32H,4,9-14,18-22H2,(H,43,44). The largest absolute Gasteiger partial charge is 0.489 e. The summed E-state index contributed by atoms with van der Waals surface area (Å²) in [5.41, 5.74) is 1.99. The zero-order valence-corrected chi connectivity index (χ0v) is 24.8. The van der Waals surface area contributed by atoms with Crippen LogP contribution in [-0.2, 0) is 17.8 Å². The van der Waals surface area contributed by atoms with Gasteiger partial charge < -0.3 is 14.7 Å². The number of hydrogen-bond acceptors (Lipinski definition) is 5. The van der Waals surface area contributed by atoms with Crippen LogP contribution in [0.25, 0.3) is 0 Å². The number of carboxylic acids is 1. The Morgan fingerprint density at radius 2 is 1.69 bits per heavy atom. The zero-order valence-electron chi connectivity index (χ0n) is 24.8. The second-order valence-electron chi connectivity index (χ2n) is 12.6. The van der Waals surface area contributed by atoms with E-state index in [1.54, 1.807) is 18.2 Å². The van der Waals surface area contributed by atoms with Crippen LogP contribution < -0.4 is 9.64 Å². The lowest BCUT2D eigenvalue weighted by molar-refractivity contribution is -0.150. The Kier molecular flexibility index (Phi) is 8.76. The summed E-state index contributed by atoms with van der Waals surface area (Å²) in [4.78, 5) is 16.0. The summed E-state index contributed by atoms with van der Waals surface area (Å²) in [7, 11) is 0. The first-order chi connectivity index (χ1) is 21.5. The summed E-state index contributed by atoms with van der Waals surface area (Å²) in [6.07, 6.45) is -1.73. The smallest absolute Gasteiger partial charge is 0.401 e. The van der Waals surface area contributed by atoms with Crippen LogP contribution in [0, 0.1) is 17.0 Å². The van der Waals surface area contributed by atoms with Crippen molar-refractivity contribution in [3.05, 3.63) is 94.6 Å². The molecule has 1 N–H and O–H groups in total. The first-order valence-corrected chi connectivity index (χ1v) is 15.3. The number of benzene rings is 3. The third-order valence-electron chi connectivity index (χ3n) is 9.33. The van der Waals surface area contributed by atoms with Gasteiger partial charge in [0.05, 0.1) is 19.1 Å². The summed E-state index contributed by atoms with van der Waals surface area (Å²) < 4.78 is 78.7. The molecule has 3 aliphatic rings. The first-order valence-electron chi connectivity index (χ1n) is 15.3. The van der Waals surface area contributed by atoms with Gasteiger partial charge in [-0.2, -0.15) is 13.2 Å². The van der Waals surface area contributed by atoms with Crippen LogP contribution >= 0.6 is 0 Å². The Labute approximate surface area is 259 Å². The van der Waals surface area contributed by atoms with Crippen molar-refractivity contribution in [2.75, 3.05) is 50.7 Å². The van der Waals surface area contributed by atoms with Gasteiger partial charge in [0, 0.05) is 36.3 Å². The topological polar surface area (TPSA) is 56.3 Å². The van der Waals surface area contributed by atoms with Crippen molar-refractivity contribution >= 4 is 11.7 Å². The van der Waals surface area contributed by atoms with Crippen LogP contribution in [0.2, 0.25) is 0 Å². The molecular weight excluding hydrogens is 593 g/mol. The molecule has 11 heteroatoms. The molecule has 0 amide bonds. The molecule has 3 aromatic rings. The minimum absolute atomic E-state index is 0.00461. The van der Waals surface area contributed by atoms with Crippen molar-refractivity contribution in [2.45, 2.75) is 44.5 Å². The van der Waals surface area contributed by atoms with E-state index < -0.39 is 41.9 Å². The summed E-state index contributed by atoms with van der Waals surface area (Å²) >= 11 is 0. The molecule has 0 radical (unpaired) electrons. The maximum atomic E-state index is 15.9. The van der Waals surface area contributed by atoms with Gasteiger partial charge in [0.2, 0.25) is 0 Å². The second kappa shape index (κ2) is 12.6. The van der Waals surface area contributed by atoms with Crippen molar-refractivity contribution < 1.29 is 36.6 Å². The fraction of sp³-hybridized carbons (Fsp3) is 0.441. The number of nitrogens with zero attached hydrogens (tertiary/aromatic N) is 3. The average Bonchev–Trinajstić information content (AvgIpc) is 3.18. The number of alkyl halides is 3. The van der Waals surface area contributed by atoms with Crippen LogP contribution in [0.3, 0.4) is 0 Å². The predicted octanol–water partition coefficient (Wildman–Crippen LogP) is 6.43. The van der Waals surface area contributed by atoms with Gasteiger partial charge >= 0.3 is 12.1 Å². The van der Waals surface area contributed by atoms with Gasteiger partial charge in [-0.1, -0.05) is 36.4 Å². The highest BCUT2D eigenvalue weighted by Gasteiger charge is 2.45. The minimum atomic E-state index is -4.55. The average molecular weight is 630 g/mol. The van der Waals surface area contributed by atoms with E-state index in [1.807, 2.05) is 40.1 Å². The van der Waals surface area contributed by atoms with Crippen molar-refractivity contribution in [3.8, 4) is 5.75 Å². The molecule has 1 spiro atoms. The summed E-state index contributed by atoms with van der Waals surface area (Å²) in [6.45, 7) is 1.52. The van der Waals surface area contributed by atoms with E-state index in [2.05, 4.69) is 0 Å². The Hall–Kier alpha value is -3.70. The molecule has 0 bridgehead atoms. The SMILES string of the molecule is O=C(O)CN1CCCC2(CC1)CN(c1cc(F)c(C3c4ccc(OCc5ccccc5)cc4CCN3CC(F)(F)F)c(F)c1)C2. The summed E-state index contributed by atoms with van der Waals surface area (Å²) in [5.74, 6) is -2.09. The quantitative estimate of drug-likeness (QED) is 0.290. The second-order valence-corrected chi connectivity index (χ2v) is 12.6. The van der Waals surface area contributed by atoms with Gasteiger partial charge in [0.25, 0.3) is 0 Å². The number of aliphatic carboxylic acids is 1. The number of halogens is 5. The maximum absolute atomic E-state index is 15.9. The van der Waals surface area contributed by atoms with Crippen molar-refractivity contribution in [1.29, 1.82) is 0 Å². The van der Waals surface area contributed by atoms with Gasteiger partial charge in [-0.15, -0.1) is 0 Å². The fourth-order valence-corrected chi connectivity index (χ4v) is 7.16. The van der Waals surface area contributed by atoms with E-state index in [1.165, 1.54) is 12.1 Å². The lowest BCUT2D eigenvalue weighted by atomic mass is 9.73. The van der Waals surface area contributed by atoms with Gasteiger partial charge in [0.1, 0.15) is 24.0 Å². The number of likely N-dealkylation sites (tertiary alicyclic amines) is 1. The van der Waals surface area contributed by atoms with Gasteiger partial charge in [-0.05, 0) is 79.7 Å². The highest BCUT2D eigenvalue weighted by molar-refractivity contribution is 5.69. The number of carboxylic acid groups (broad SMARTS) is 1. The molecule has 1 unspecified atom stereocenters. The van der Waals surface area contributed by atoms with Crippen molar-refractivity contribution in [2.24, 2.45) is 5.41 Å². The lowest BCUT2D eigenvalue weighted by Crippen LogP contribution is -2.57. The Morgan fingerprint density at radius 3 is 2.38 bits per heavy atom. The molecule has 2 saturated heterocycles. The maximum Gasteiger partial charge on any atom is 0.401 e. The minimum Gasteiger partial charge on any atom is -0.489 e. The molecule has 45 heavy (non-hydrogen) atoms. The van der Waals surface area contributed by atoms with E-state index in [-0.39, 0.29) is 24.9 Å². The van der Waals surface area contributed by atoms with Crippen LogP contribution in [0.4, 0.5) is 27.6 Å². The van der Waals surface area contributed by atoms with Gasteiger partial charge in [-0.25, -0.2) is 8.78 Å². The number of carbonyl (C=O) groups is 1. The molecule has 3 heterocycles. The van der Waals surface area contributed by atoms with Gasteiger partial charge in [0.15, 0.2) is 0 Å². The predicted molar refractivity (Wildman–Crippen MR) is 159 cm³/mol. The fourth-order valence-electron chi connectivity index (χ4n) is 7.16. The number of anilines is 1. The van der Waals surface area contributed by atoms with Crippen LogP contribution in [0.5, 0.6) is 5.75 Å². The van der Waals surface area contributed by atoms with Crippen molar-refractivity contribution in [1.82, 2.24) is 9.80 Å². The zero-order chi connectivity index (χ0) is 31.8. The van der Waals surface area contributed by atoms with Gasteiger partial charge in [-0.3, -0.25) is 14.6 Å². The summed E-state index contributed by atoms with van der Waals surface area (Å²) in [6, 6.07) is 15.8. The van der Waals surface area contributed by atoms with Crippen LogP contribution in [-0.4, -0.2) is 72.9 Å². The normalized spacial score (nSPS) is 20.4. The number of rotatable bonds is 8. The molecule has 6 nitrogen and oxygen atoms in total. The number of hydrogen-bond donors (Lipinski definition) is 1. The molecule has 0 aliphatic carbocycles. The third kappa shape index (κ3) is 7.09. The molecule has 3 aliphatic heterocycles.